The normalized spacial score (nSPS) is 11.0. The predicted molar refractivity (Wildman–Crippen MR) is 114 cm³/mol. The van der Waals surface area contributed by atoms with Crippen LogP contribution in [0.1, 0.15) is 16.7 Å². The highest BCUT2D eigenvalue weighted by Gasteiger charge is 2.17. The van der Waals surface area contributed by atoms with E-state index in [4.69, 9.17) is 4.74 Å². The van der Waals surface area contributed by atoms with Crippen LogP contribution < -0.4 is 15.6 Å². The second kappa shape index (κ2) is 8.88. The summed E-state index contributed by atoms with van der Waals surface area (Å²) < 4.78 is 7.32. The van der Waals surface area contributed by atoms with E-state index in [2.05, 4.69) is 16.9 Å². The first-order chi connectivity index (χ1) is 14.5. The highest BCUT2D eigenvalue weighted by molar-refractivity contribution is 6.02. The van der Waals surface area contributed by atoms with Crippen molar-refractivity contribution in [1.29, 1.82) is 5.26 Å². The van der Waals surface area contributed by atoms with Crippen LogP contribution in [0, 0.1) is 25.2 Å². The van der Waals surface area contributed by atoms with E-state index >= 15 is 0 Å². The van der Waals surface area contributed by atoms with Gasteiger partial charge in [0.05, 0.1) is 0 Å². The van der Waals surface area contributed by atoms with Crippen molar-refractivity contribution in [3.8, 4) is 17.7 Å². The second-order valence-corrected chi connectivity index (χ2v) is 6.53. The van der Waals surface area contributed by atoms with Crippen LogP contribution in [0.4, 0.5) is 0 Å². The molecule has 0 aliphatic heterocycles. The molecule has 2 heterocycles. The number of fused-ring (bicyclic) bond motifs is 1. The second-order valence-electron chi connectivity index (χ2n) is 6.53. The number of nitrogens with zero attached hydrogens (tertiary/aromatic N) is 3. The quantitative estimate of drug-likeness (QED) is 0.389. The van der Waals surface area contributed by atoms with Gasteiger partial charge in [-0.25, -0.2) is 0 Å². The van der Waals surface area contributed by atoms with E-state index in [0.717, 1.165) is 11.1 Å². The molecule has 7 nitrogen and oxygen atoms in total. The van der Waals surface area contributed by atoms with E-state index in [9.17, 15) is 14.9 Å². The number of ether oxygens (including phenoxy) is 1. The number of carbonyl (C=O) groups excluding carboxylic acids is 1. The van der Waals surface area contributed by atoms with Crippen molar-refractivity contribution in [2.24, 2.45) is 0 Å². The molecular weight excluding hydrogens is 380 g/mol. The van der Waals surface area contributed by atoms with Crippen LogP contribution in [0.15, 0.2) is 65.6 Å². The Morgan fingerprint density at radius 2 is 2.10 bits per heavy atom. The summed E-state index contributed by atoms with van der Waals surface area (Å²) in [4.78, 5) is 29.8. The molecule has 150 valence electrons. The van der Waals surface area contributed by atoms with Crippen molar-refractivity contribution < 1.29 is 9.53 Å². The highest BCUT2D eigenvalue weighted by Crippen LogP contribution is 2.28. The number of pyridine rings is 1. The maximum atomic E-state index is 13.1. The smallest absolute Gasteiger partial charge is 0.269 e. The van der Waals surface area contributed by atoms with Crippen molar-refractivity contribution in [1.82, 2.24) is 14.7 Å². The fourth-order valence-electron chi connectivity index (χ4n) is 2.78. The first-order valence-corrected chi connectivity index (χ1v) is 9.22. The van der Waals surface area contributed by atoms with Gasteiger partial charge < -0.3 is 10.1 Å². The number of benzene rings is 1. The van der Waals surface area contributed by atoms with Gasteiger partial charge in [-0.2, -0.15) is 10.2 Å². The fraction of sp³-hybridized carbons (Fsp3) is 0.130. The SMILES string of the molecule is C=CCNC(=O)C(C#N)=Cc1c(Oc2cccc(C)c2C)nc2ccccn2c1=O. The zero-order valence-corrected chi connectivity index (χ0v) is 16.7. The van der Waals surface area contributed by atoms with Crippen LogP contribution in [0.5, 0.6) is 11.6 Å². The molecule has 1 aromatic carbocycles. The van der Waals surface area contributed by atoms with Gasteiger partial charge in [0.25, 0.3) is 11.5 Å². The molecule has 0 aliphatic carbocycles. The van der Waals surface area contributed by atoms with Gasteiger partial charge in [-0.15, -0.1) is 6.58 Å². The number of hydrogen-bond donors (Lipinski definition) is 1. The zero-order chi connectivity index (χ0) is 21.7. The predicted octanol–water partition coefficient (Wildman–Crippen LogP) is 3.31. The molecule has 1 N–H and O–H groups in total. The largest absolute Gasteiger partial charge is 0.438 e. The first-order valence-electron chi connectivity index (χ1n) is 9.22. The number of rotatable bonds is 6. The van der Waals surface area contributed by atoms with Gasteiger partial charge in [0, 0.05) is 12.7 Å². The average molecular weight is 400 g/mol. The Morgan fingerprint density at radius 3 is 2.83 bits per heavy atom. The number of carbonyl (C=O) groups is 1. The lowest BCUT2D eigenvalue weighted by Crippen LogP contribution is -2.25. The summed E-state index contributed by atoms with van der Waals surface area (Å²) in [6, 6.07) is 12.5. The van der Waals surface area contributed by atoms with Crippen LogP contribution in [0.25, 0.3) is 11.7 Å². The highest BCUT2D eigenvalue weighted by atomic mass is 16.5. The Labute approximate surface area is 173 Å². The minimum absolute atomic E-state index is 0.00455. The van der Waals surface area contributed by atoms with Gasteiger partial charge >= 0.3 is 0 Å². The van der Waals surface area contributed by atoms with Crippen molar-refractivity contribution in [2.75, 3.05) is 6.54 Å². The molecule has 30 heavy (non-hydrogen) atoms. The summed E-state index contributed by atoms with van der Waals surface area (Å²) in [5.41, 5.74) is 1.61. The number of aromatic nitrogens is 2. The maximum absolute atomic E-state index is 13.1. The summed E-state index contributed by atoms with van der Waals surface area (Å²) in [7, 11) is 0. The first kappa shape index (κ1) is 20.6. The molecule has 3 aromatic rings. The average Bonchev–Trinajstić information content (AvgIpc) is 2.75. The Bertz CT molecular complexity index is 1270. The number of nitriles is 1. The molecule has 2 aromatic heterocycles. The lowest BCUT2D eigenvalue weighted by Gasteiger charge is -2.13. The van der Waals surface area contributed by atoms with Gasteiger partial charge in [0.15, 0.2) is 0 Å². The summed E-state index contributed by atoms with van der Waals surface area (Å²) in [6.45, 7) is 7.57. The minimum Gasteiger partial charge on any atom is -0.438 e. The fourth-order valence-corrected chi connectivity index (χ4v) is 2.78. The van der Waals surface area contributed by atoms with E-state index in [0.29, 0.717) is 11.4 Å². The molecule has 0 bridgehead atoms. The molecule has 0 aliphatic rings. The van der Waals surface area contributed by atoms with Crippen molar-refractivity contribution in [2.45, 2.75) is 13.8 Å². The monoisotopic (exact) mass is 400 g/mol. The molecule has 0 unspecified atom stereocenters. The Hall–Kier alpha value is -4.18. The standard InChI is InChI=1S/C23H20N4O3/c1-4-11-25-21(28)17(14-24)13-18-22(30-19-9-7-8-15(2)16(19)3)26-20-10-5-6-12-27(20)23(18)29/h4-10,12-13H,1,11H2,2-3H3,(H,25,28). The summed E-state index contributed by atoms with van der Waals surface area (Å²) in [5.74, 6) is -0.0664. The molecule has 7 heteroatoms. The van der Waals surface area contributed by atoms with E-state index in [1.54, 1.807) is 30.5 Å². The van der Waals surface area contributed by atoms with Crippen molar-refractivity contribution in [3.05, 3.63) is 87.9 Å². The Balaban J connectivity index is 2.20. The molecule has 0 radical (unpaired) electrons. The van der Waals surface area contributed by atoms with E-state index in [1.165, 1.54) is 16.6 Å². The zero-order valence-electron chi connectivity index (χ0n) is 16.7. The number of amides is 1. The Kier molecular flexibility index (Phi) is 6.08. The van der Waals surface area contributed by atoms with Crippen molar-refractivity contribution in [3.63, 3.8) is 0 Å². The topological polar surface area (TPSA) is 96.5 Å². The molecular formula is C23H20N4O3. The van der Waals surface area contributed by atoms with Gasteiger partial charge in [-0.3, -0.25) is 14.0 Å². The summed E-state index contributed by atoms with van der Waals surface area (Å²) in [6.07, 6.45) is 4.26. The minimum atomic E-state index is -0.618. The maximum Gasteiger partial charge on any atom is 0.269 e. The number of hydrogen-bond acceptors (Lipinski definition) is 5. The van der Waals surface area contributed by atoms with Gasteiger partial charge in [0.2, 0.25) is 5.88 Å². The van der Waals surface area contributed by atoms with Crippen LogP contribution in [0.2, 0.25) is 0 Å². The van der Waals surface area contributed by atoms with Crippen LogP contribution in [0.3, 0.4) is 0 Å². The van der Waals surface area contributed by atoms with E-state index in [-0.39, 0.29) is 23.6 Å². The molecule has 0 spiro atoms. The number of nitrogens with one attached hydrogen (secondary N) is 1. The van der Waals surface area contributed by atoms with Crippen LogP contribution in [-0.4, -0.2) is 21.8 Å². The molecule has 0 saturated heterocycles. The van der Waals surface area contributed by atoms with E-state index in [1.807, 2.05) is 32.0 Å². The molecule has 3 rings (SSSR count). The third kappa shape index (κ3) is 4.13. The lowest BCUT2D eigenvalue weighted by atomic mass is 10.1. The number of aryl methyl sites for hydroxylation is 1. The van der Waals surface area contributed by atoms with Crippen LogP contribution in [-0.2, 0) is 4.79 Å². The Morgan fingerprint density at radius 1 is 1.30 bits per heavy atom. The van der Waals surface area contributed by atoms with Gasteiger partial charge in [0.1, 0.15) is 28.6 Å². The van der Waals surface area contributed by atoms with Crippen molar-refractivity contribution >= 4 is 17.6 Å². The lowest BCUT2D eigenvalue weighted by molar-refractivity contribution is -0.116. The molecule has 0 saturated carbocycles. The molecule has 0 fully saturated rings. The van der Waals surface area contributed by atoms with Gasteiger partial charge in [-0.1, -0.05) is 24.3 Å². The third-order valence-corrected chi connectivity index (χ3v) is 4.56. The van der Waals surface area contributed by atoms with Gasteiger partial charge in [-0.05, 0) is 49.2 Å². The third-order valence-electron chi connectivity index (χ3n) is 4.56. The molecule has 0 atom stereocenters. The summed E-state index contributed by atoms with van der Waals surface area (Å²) >= 11 is 0. The van der Waals surface area contributed by atoms with Crippen LogP contribution >= 0.6 is 0 Å². The van der Waals surface area contributed by atoms with E-state index < -0.39 is 11.5 Å². The molecule has 1 amide bonds. The summed E-state index contributed by atoms with van der Waals surface area (Å²) in [5, 5.41) is 12.0.